The lowest BCUT2D eigenvalue weighted by Crippen LogP contribution is -2.29. The number of benzene rings is 2. The van der Waals surface area contributed by atoms with Crippen LogP contribution in [-0.4, -0.2) is 46.6 Å². The molecule has 0 bridgehead atoms. The average Bonchev–Trinajstić information content (AvgIpc) is 3.17. The van der Waals surface area contributed by atoms with Crippen LogP contribution in [0.2, 0.25) is 0 Å². The van der Waals surface area contributed by atoms with Crippen LogP contribution in [0.3, 0.4) is 0 Å². The van der Waals surface area contributed by atoms with Gasteiger partial charge in [-0.25, -0.2) is 4.79 Å². The van der Waals surface area contributed by atoms with Crippen molar-refractivity contribution in [2.45, 2.75) is 20.3 Å². The Hall–Kier alpha value is -3.26. The van der Waals surface area contributed by atoms with Crippen molar-refractivity contribution in [3.8, 4) is 22.6 Å². The number of tetrazole rings is 1. The van der Waals surface area contributed by atoms with E-state index < -0.39 is 6.09 Å². The number of aromatic nitrogens is 4. The molecule has 1 amide bonds. The number of hydrogen-bond donors (Lipinski definition) is 1. The Balaban J connectivity index is 1.96. The van der Waals surface area contributed by atoms with Crippen molar-refractivity contribution in [3.05, 3.63) is 53.9 Å². The van der Waals surface area contributed by atoms with E-state index in [4.69, 9.17) is 9.47 Å². The Labute approximate surface area is 163 Å². The first-order chi connectivity index (χ1) is 13.6. The molecule has 8 heteroatoms. The standard InChI is InChI=1S/C20H23N5O3/c1-4-19-22-23-24-25(19)17-11-16(15-7-5-14(2)6-8-15)12-18(13-17)28-20(26)21-9-10-27-3/h5-8,11-13H,4,9-10H2,1-3H3,(H,21,26). The van der Waals surface area contributed by atoms with Crippen molar-refractivity contribution >= 4 is 6.09 Å². The lowest BCUT2D eigenvalue weighted by Gasteiger charge is -2.12. The van der Waals surface area contributed by atoms with Gasteiger partial charge in [0, 0.05) is 26.1 Å². The van der Waals surface area contributed by atoms with Gasteiger partial charge in [-0.15, -0.1) is 5.10 Å². The highest BCUT2D eigenvalue weighted by atomic mass is 16.6. The molecular formula is C20H23N5O3. The van der Waals surface area contributed by atoms with E-state index in [1.807, 2.05) is 50.2 Å². The molecule has 0 radical (unpaired) electrons. The lowest BCUT2D eigenvalue weighted by molar-refractivity contribution is 0.180. The molecule has 3 aromatic rings. The summed E-state index contributed by atoms with van der Waals surface area (Å²) >= 11 is 0. The van der Waals surface area contributed by atoms with Gasteiger partial charge in [0.2, 0.25) is 0 Å². The quantitative estimate of drug-likeness (QED) is 0.633. The molecule has 1 heterocycles. The Morgan fingerprint density at radius 2 is 1.93 bits per heavy atom. The number of aryl methyl sites for hydroxylation is 2. The number of nitrogens with one attached hydrogen (secondary N) is 1. The van der Waals surface area contributed by atoms with Crippen LogP contribution >= 0.6 is 0 Å². The average molecular weight is 381 g/mol. The molecule has 1 aromatic heterocycles. The first-order valence-electron chi connectivity index (χ1n) is 9.05. The third-order valence-electron chi connectivity index (χ3n) is 4.16. The van der Waals surface area contributed by atoms with Crippen LogP contribution in [-0.2, 0) is 11.2 Å². The van der Waals surface area contributed by atoms with Crippen LogP contribution in [0.5, 0.6) is 5.75 Å². The lowest BCUT2D eigenvalue weighted by atomic mass is 10.0. The van der Waals surface area contributed by atoms with Crippen LogP contribution in [0.4, 0.5) is 4.79 Å². The van der Waals surface area contributed by atoms with Crippen molar-refractivity contribution in [2.24, 2.45) is 0 Å². The van der Waals surface area contributed by atoms with Crippen molar-refractivity contribution in [2.75, 3.05) is 20.3 Å². The smallest absolute Gasteiger partial charge is 0.410 e. The van der Waals surface area contributed by atoms with Crippen LogP contribution in [0.25, 0.3) is 16.8 Å². The Kier molecular flexibility index (Phi) is 6.33. The molecule has 0 fully saturated rings. The fourth-order valence-electron chi connectivity index (χ4n) is 2.70. The van der Waals surface area contributed by atoms with Crippen molar-refractivity contribution in [1.29, 1.82) is 0 Å². The van der Waals surface area contributed by atoms with Crippen molar-refractivity contribution in [3.63, 3.8) is 0 Å². The van der Waals surface area contributed by atoms with Gasteiger partial charge in [0.25, 0.3) is 0 Å². The molecule has 1 N–H and O–H groups in total. The van der Waals surface area contributed by atoms with Gasteiger partial charge in [-0.3, -0.25) is 0 Å². The topological polar surface area (TPSA) is 91.2 Å². The molecule has 0 spiro atoms. The normalized spacial score (nSPS) is 10.7. The summed E-state index contributed by atoms with van der Waals surface area (Å²) in [5.41, 5.74) is 3.79. The zero-order valence-corrected chi connectivity index (χ0v) is 16.2. The number of carbonyl (C=O) groups excluding carboxylic acids is 1. The first-order valence-corrected chi connectivity index (χ1v) is 9.05. The largest absolute Gasteiger partial charge is 0.412 e. The van der Waals surface area contributed by atoms with E-state index in [1.165, 1.54) is 5.56 Å². The van der Waals surface area contributed by atoms with Gasteiger partial charge in [0.1, 0.15) is 5.75 Å². The zero-order chi connectivity index (χ0) is 19.9. The molecule has 0 saturated carbocycles. The second kappa shape index (κ2) is 9.09. The second-order valence-corrected chi connectivity index (χ2v) is 6.25. The monoisotopic (exact) mass is 381 g/mol. The van der Waals surface area contributed by atoms with Gasteiger partial charge in [-0.2, -0.15) is 4.68 Å². The first kappa shape index (κ1) is 19.5. The minimum absolute atomic E-state index is 0.368. The number of methoxy groups -OCH3 is 1. The number of nitrogens with zero attached hydrogens (tertiary/aromatic N) is 4. The Morgan fingerprint density at radius 1 is 1.14 bits per heavy atom. The summed E-state index contributed by atoms with van der Waals surface area (Å²) in [6, 6.07) is 13.6. The Morgan fingerprint density at radius 3 is 2.64 bits per heavy atom. The van der Waals surface area contributed by atoms with Crippen molar-refractivity contribution < 1.29 is 14.3 Å². The maximum atomic E-state index is 12.1. The fourth-order valence-corrected chi connectivity index (χ4v) is 2.70. The van der Waals surface area contributed by atoms with E-state index in [2.05, 4.69) is 20.8 Å². The zero-order valence-electron chi connectivity index (χ0n) is 16.2. The predicted molar refractivity (Wildman–Crippen MR) is 105 cm³/mol. The van der Waals surface area contributed by atoms with Gasteiger partial charge >= 0.3 is 6.09 Å². The number of hydrogen-bond acceptors (Lipinski definition) is 6. The van der Waals surface area contributed by atoms with Crippen LogP contribution in [0.15, 0.2) is 42.5 Å². The van der Waals surface area contributed by atoms with Crippen molar-refractivity contribution in [1.82, 2.24) is 25.5 Å². The maximum absolute atomic E-state index is 12.1. The van der Waals surface area contributed by atoms with Crippen LogP contribution in [0, 0.1) is 6.92 Å². The molecule has 0 atom stereocenters. The van der Waals surface area contributed by atoms with Gasteiger partial charge in [-0.1, -0.05) is 36.8 Å². The van der Waals surface area contributed by atoms with E-state index in [0.717, 1.165) is 22.6 Å². The summed E-state index contributed by atoms with van der Waals surface area (Å²) in [6.07, 6.45) is 0.131. The highest BCUT2D eigenvalue weighted by Gasteiger charge is 2.13. The van der Waals surface area contributed by atoms with Gasteiger partial charge < -0.3 is 14.8 Å². The van der Waals surface area contributed by atoms with E-state index >= 15 is 0 Å². The minimum atomic E-state index is -0.545. The van der Waals surface area contributed by atoms with E-state index in [0.29, 0.717) is 25.3 Å². The fraction of sp³-hybridized carbons (Fsp3) is 0.300. The summed E-state index contributed by atoms with van der Waals surface area (Å²) in [4.78, 5) is 12.1. The third kappa shape index (κ3) is 4.72. The van der Waals surface area contributed by atoms with Crippen LogP contribution in [0.1, 0.15) is 18.3 Å². The van der Waals surface area contributed by atoms with E-state index in [9.17, 15) is 4.79 Å². The van der Waals surface area contributed by atoms with Gasteiger partial charge in [-0.05, 0) is 40.6 Å². The predicted octanol–water partition coefficient (Wildman–Crippen LogP) is 2.93. The highest BCUT2D eigenvalue weighted by Crippen LogP contribution is 2.28. The second-order valence-electron chi connectivity index (χ2n) is 6.25. The summed E-state index contributed by atoms with van der Waals surface area (Å²) in [5, 5.41) is 14.5. The number of ether oxygens (including phenoxy) is 2. The molecule has 2 aromatic carbocycles. The molecule has 0 aliphatic heterocycles. The van der Waals surface area contributed by atoms with E-state index in [-0.39, 0.29) is 0 Å². The number of carbonyl (C=O) groups is 1. The molecule has 0 unspecified atom stereocenters. The van der Waals surface area contributed by atoms with E-state index in [1.54, 1.807) is 17.9 Å². The van der Waals surface area contributed by atoms with Gasteiger partial charge in [0.15, 0.2) is 5.82 Å². The summed E-state index contributed by atoms with van der Waals surface area (Å²) < 4.78 is 12.0. The molecule has 146 valence electrons. The SMILES string of the molecule is CCc1nnnn1-c1cc(OC(=O)NCCOC)cc(-c2ccc(C)cc2)c1. The Bertz CT molecular complexity index is 937. The third-order valence-corrected chi connectivity index (χ3v) is 4.16. The number of amides is 1. The van der Waals surface area contributed by atoms with Gasteiger partial charge in [0.05, 0.1) is 12.3 Å². The molecule has 0 saturated heterocycles. The maximum Gasteiger partial charge on any atom is 0.412 e. The molecule has 28 heavy (non-hydrogen) atoms. The summed E-state index contributed by atoms with van der Waals surface area (Å²) in [7, 11) is 1.57. The molecule has 0 aliphatic rings. The minimum Gasteiger partial charge on any atom is -0.410 e. The van der Waals surface area contributed by atoms with Crippen LogP contribution < -0.4 is 10.1 Å². The summed E-state index contributed by atoms with van der Waals surface area (Å²) in [5.74, 6) is 1.12. The summed E-state index contributed by atoms with van der Waals surface area (Å²) in [6.45, 7) is 4.79. The number of rotatable bonds is 7. The molecular weight excluding hydrogens is 358 g/mol. The molecule has 0 aliphatic carbocycles. The molecule has 8 nitrogen and oxygen atoms in total. The molecule has 3 rings (SSSR count). The highest BCUT2D eigenvalue weighted by molar-refractivity contribution is 5.73.